The van der Waals surface area contributed by atoms with Crippen LogP contribution in [-0.2, 0) is 4.74 Å². The van der Waals surface area contributed by atoms with Crippen molar-refractivity contribution in [1.29, 1.82) is 0 Å². The third kappa shape index (κ3) is 5.76. The summed E-state index contributed by atoms with van der Waals surface area (Å²) in [4.78, 5) is 14.7. The van der Waals surface area contributed by atoms with E-state index in [-0.39, 0.29) is 18.1 Å². The zero-order valence-corrected chi connectivity index (χ0v) is 15.9. The van der Waals surface area contributed by atoms with Gasteiger partial charge in [-0.15, -0.1) is 0 Å². The van der Waals surface area contributed by atoms with Gasteiger partial charge in [-0.25, -0.2) is 0 Å². The lowest BCUT2D eigenvalue weighted by Gasteiger charge is -2.35. The molecule has 2 unspecified atom stereocenters. The van der Waals surface area contributed by atoms with E-state index < -0.39 is 0 Å². The molecule has 2 rings (SSSR count). The molecule has 1 fully saturated rings. The van der Waals surface area contributed by atoms with Crippen molar-refractivity contribution in [2.75, 3.05) is 39.0 Å². The molecule has 0 spiro atoms. The van der Waals surface area contributed by atoms with Gasteiger partial charge >= 0.3 is 0 Å². The predicted octanol–water partition coefficient (Wildman–Crippen LogP) is 2.55. The summed E-state index contributed by atoms with van der Waals surface area (Å²) < 4.78 is 10.9. The van der Waals surface area contributed by atoms with Gasteiger partial charge in [-0.3, -0.25) is 9.69 Å². The Morgan fingerprint density at radius 1 is 1.36 bits per heavy atom. The molecule has 0 aliphatic carbocycles. The molecule has 6 nitrogen and oxygen atoms in total. The Labute approximate surface area is 154 Å². The van der Waals surface area contributed by atoms with E-state index in [0.717, 1.165) is 32.5 Å². The molecule has 1 amide bonds. The molecule has 140 valence electrons. The molecule has 3 N–H and O–H groups in total. The normalized spacial score (nSPS) is 21.1. The average Bonchev–Trinajstić information content (AvgIpc) is 2.55. The zero-order chi connectivity index (χ0) is 18.4. The molecule has 0 aromatic heterocycles. The minimum absolute atomic E-state index is 0.202. The number of nitrogens with one attached hydrogen (secondary N) is 1. The molecule has 1 heterocycles. The van der Waals surface area contributed by atoms with Gasteiger partial charge in [0.1, 0.15) is 5.75 Å². The van der Waals surface area contributed by atoms with E-state index in [1.54, 1.807) is 12.1 Å². The topological polar surface area (TPSA) is 76.8 Å². The van der Waals surface area contributed by atoms with Crippen molar-refractivity contribution in [2.24, 2.45) is 0 Å². The van der Waals surface area contributed by atoms with E-state index in [1.807, 2.05) is 0 Å². The van der Waals surface area contributed by atoms with E-state index in [1.165, 1.54) is 7.11 Å². The van der Waals surface area contributed by atoms with Crippen LogP contribution < -0.4 is 15.8 Å². The standard InChI is InChI=1S/C18H28ClN3O3/c1-12-10-22(11-13(2)25-12)7-5-4-6-21-18(23)14-8-15(19)16(20)9-17(14)24-3/h8-9,12-13H,4-7,10-11,20H2,1-3H3,(H,21,23). The summed E-state index contributed by atoms with van der Waals surface area (Å²) >= 11 is 6.00. The maximum Gasteiger partial charge on any atom is 0.255 e. The molecule has 0 bridgehead atoms. The number of morpholine rings is 1. The summed E-state index contributed by atoms with van der Waals surface area (Å²) in [6, 6.07) is 3.11. The average molecular weight is 370 g/mol. The molecule has 0 radical (unpaired) electrons. The second kappa shape index (κ2) is 9.27. The Bertz CT molecular complexity index is 587. The van der Waals surface area contributed by atoms with Crippen LogP contribution in [0.4, 0.5) is 5.69 Å². The first kappa shape index (κ1) is 19.8. The Kier molecular flexibility index (Phi) is 7.35. The molecule has 1 aliphatic rings. The number of methoxy groups -OCH3 is 1. The van der Waals surface area contributed by atoms with E-state index in [9.17, 15) is 4.79 Å². The van der Waals surface area contributed by atoms with Crippen LogP contribution in [0.15, 0.2) is 12.1 Å². The molecular weight excluding hydrogens is 342 g/mol. The van der Waals surface area contributed by atoms with Crippen molar-refractivity contribution >= 4 is 23.2 Å². The lowest BCUT2D eigenvalue weighted by molar-refractivity contribution is -0.0681. The smallest absolute Gasteiger partial charge is 0.255 e. The molecule has 2 atom stereocenters. The Balaban J connectivity index is 1.75. The summed E-state index contributed by atoms with van der Waals surface area (Å²) in [7, 11) is 1.50. The number of hydrogen-bond donors (Lipinski definition) is 2. The minimum Gasteiger partial charge on any atom is -0.496 e. The summed E-state index contributed by atoms with van der Waals surface area (Å²) in [5, 5.41) is 3.26. The number of nitrogens with zero attached hydrogens (tertiary/aromatic N) is 1. The molecule has 1 aromatic carbocycles. The van der Waals surface area contributed by atoms with E-state index >= 15 is 0 Å². The third-order valence-electron chi connectivity index (χ3n) is 4.25. The van der Waals surface area contributed by atoms with Gasteiger partial charge in [0.05, 0.1) is 35.6 Å². The molecule has 7 heteroatoms. The van der Waals surface area contributed by atoms with Gasteiger partial charge < -0.3 is 20.5 Å². The van der Waals surface area contributed by atoms with Gasteiger partial charge in [0.2, 0.25) is 0 Å². The summed E-state index contributed by atoms with van der Waals surface area (Å²) in [5.74, 6) is 0.225. The molecule has 1 aliphatic heterocycles. The van der Waals surface area contributed by atoms with Crippen molar-refractivity contribution in [1.82, 2.24) is 10.2 Å². The fourth-order valence-electron chi connectivity index (χ4n) is 3.14. The van der Waals surface area contributed by atoms with Crippen LogP contribution in [0.5, 0.6) is 5.75 Å². The Morgan fingerprint density at radius 2 is 2.04 bits per heavy atom. The van der Waals surface area contributed by atoms with E-state index in [0.29, 0.717) is 28.6 Å². The minimum atomic E-state index is -0.202. The number of amides is 1. The number of anilines is 1. The molecule has 0 saturated carbocycles. The number of nitrogens with two attached hydrogens (primary N) is 1. The number of ether oxygens (including phenoxy) is 2. The molecule has 25 heavy (non-hydrogen) atoms. The Morgan fingerprint density at radius 3 is 2.68 bits per heavy atom. The first-order valence-electron chi connectivity index (χ1n) is 8.69. The number of hydrogen-bond acceptors (Lipinski definition) is 5. The van der Waals surface area contributed by atoms with Crippen molar-refractivity contribution < 1.29 is 14.3 Å². The van der Waals surface area contributed by atoms with Gasteiger partial charge in [-0.1, -0.05) is 11.6 Å². The lowest BCUT2D eigenvalue weighted by Crippen LogP contribution is -2.45. The summed E-state index contributed by atoms with van der Waals surface area (Å²) in [5.41, 5.74) is 6.53. The van der Waals surface area contributed by atoms with E-state index in [4.69, 9.17) is 26.8 Å². The summed E-state index contributed by atoms with van der Waals surface area (Å²) in [6.07, 6.45) is 2.51. The molecule has 1 aromatic rings. The van der Waals surface area contributed by atoms with Gasteiger partial charge in [0, 0.05) is 25.7 Å². The highest BCUT2D eigenvalue weighted by atomic mass is 35.5. The summed E-state index contributed by atoms with van der Waals surface area (Å²) in [6.45, 7) is 7.78. The second-order valence-corrected chi connectivity index (χ2v) is 6.96. The first-order chi connectivity index (χ1) is 11.9. The van der Waals surface area contributed by atoms with Crippen LogP contribution in [0, 0.1) is 0 Å². The van der Waals surface area contributed by atoms with Crippen molar-refractivity contribution in [3.05, 3.63) is 22.7 Å². The van der Waals surface area contributed by atoms with Crippen LogP contribution >= 0.6 is 11.6 Å². The van der Waals surface area contributed by atoms with Crippen LogP contribution in [0.1, 0.15) is 37.0 Å². The second-order valence-electron chi connectivity index (χ2n) is 6.55. The zero-order valence-electron chi connectivity index (χ0n) is 15.2. The van der Waals surface area contributed by atoms with Gasteiger partial charge in [0.15, 0.2) is 0 Å². The highest BCUT2D eigenvalue weighted by Crippen LogP contribution is 2.28. The highest BCUT2D eigenvalue weighted by Gasteiger charge is 2.21. The maximum absolute atomic E-state index is 12.3. The number of benzene rings is 1. The number of unbranched alkanes of at least 4 members (excludes halogenated alkanes) is 1. The van der Waals surface area contributed by atoms with Crippen molar-refractivity contribution in [3.63, 3.8) is 0 Å². The number of halogens is 1. The Hall–Kier alpha value is -1.50. The molecule has 1 saturated heterocycles. The van der Waals surface area contributed by atoms with Gasteiger partial charge in [-0.2, -0.15) is 0 Å². The largest absolute Gasteiger partial charge is 0.496 e. The SMILES string of the molecule is COc1cc(N)c(Cl)cc1C(=O)NCCCCN1CC(C)OC(C)C1. The van der Waals surface area contributed by atoms with Crippen LogP contribution in [0.3, 0.4) is 0 Å². The van der Waals surface area contributed by atoms with Gasteiger partial charge in [0.25, 0.3) is 5.91 Å². The van der Waals surface area contributed by atoms with Crippen LogP contribution in [0.25, 0.3) is 0 Å². The number of nitrogen functional groups attached to an aromatic ring is 1. The fourth-order valence-corrected chi connectivity index (χ4v) is 3.30. The molecular formula is C18H28ClN3O3. The fraction of sp³-hybridized carbons (Fsp3) is 0.611. The first-order valence-corrected chi connectivity index (χ1v) is 9.07. The van der Waals surface area contributed by atoms with Crippen molar-refractivity contribution in [2.45, 2.75) is 38.9 Å². The monoisotopic (exact) mass is 369 g/mol. The van der Waals surface area contributed by atoms with Gasteiger partial charge in [-0.05, 0) is 39.3 Å². The van der Waals surface area contributed by atoms with Crippen molar-refractivity contribution in [3.8, 4) is 5.75 Å². The maximum atomic E-state index is 12.3. The van der Waals surface area contributed by atoms with E-state index in [2.05, 4.69) is 24.1 Å². The highest BCUT2D eigenvalue weighted by molar-refractivity contribution is 6.33. The number of carbonyl (C=O) groups excluding carboxylic acids is 1. The number of rotatable bonds is 7. The number of carbonyl (C=O) groups is 1. The quantitative estimate of drug-likeness (QED) is 0.570. The van der Waals surface area contributed by atoms with Crippen LogP contribution in [-0.4, -0.2) is 56.3 Å². The predicted molar refractivity (Wildman–Crippen MR) is 100 cm³/mol. The third-order valence-corrected chi connectivity index (χ3v) is 4.57. The lowest BCUT2D eigenvalue weighted by atomic mass is 10.1. The van der Waals surface area contributed by atoms with Crippen LogP contribution in [0.2, 0.25) is 5.02 Å².